The first kappa shape index (κ1) is 11.2. The summed E-state index contributed by atoms with van der Waals surface area (Å²) in [5.74, 6) is -1.22. The van der Waals surface area contributed by atoms with E-state index < -0.39 is 5.97 Å². The molecule has 0 unspecified atom stereocenters. The molecular formula is C10H12N2O3. The lowest BCUT2D eigenvalue weighted by Crippen LogP contribution is -2.08. The number of hydrogen-bond acceptors (Lipinski definition) is 4. The van der Waals surface area contributed by atoms with Crippen LogP contribution in [0.4, 0.5) is 0 Å². The Morgan fingerprint density at radius 3 is 2.40 bits per heavy atom. The highest BCUT2D eigenvalue weighted by Crippen LogP contribution is 2.12. The van der Waals surface area contributed by atoms with Gasteiger partial charge >= 0.3 is 5.97 Å². The SMILES string of the molecule is CCC(O)=C(Cc1cncnc1)C(=O)O. The number of aliphatic hydroxyl groups excluding tert-OH is 1. The van der Waals surface area contributed by atoms with Crippen LogP contribution in [0.1, 0.15) is 18.9 Å². The van der Waals surface area contributed by atoms with Gasteiger partial charge in [0.15, 0.2) is 0 Å². The molecule has 80 valence electrons. The highest BCUT2D eigenvalue weighted by Gasteiger charge is 2.13. The van der Waals surface area contributed by atoms with Crippen LogP contribution in [0, 0.1) is 0 Å². The van der Waals surface area contributed by atoms with E-state index in [4.69, 9.17) is 5.11 Å². The van der Waals surface area contributed by atoms with Crippen LogP contribution < -0.4 is 0 Å². The number of aliphatic carboxylic acids is 1. The fourth-order valence-electron chi connectivity index (χ4n) is 1.14. The number of allylic oxidation sites excluding steroid dienone is 1. The number of hydrogen-bond donors (Lipinski definition) is 2. The Balaban J connectivity index is 2.91. The van der Waals surface area contributed by atoms with Crippen molar-refractivity contribution in [1.82, 2.24) is 9.97 Å². The molecular weight excluding hydrogens is 196 g/mol. The molecule has 0 bridgehead atoms. The lowest BCUT2D eigenvalue weighted by atomic mass is 10.1. The monoisotopic (exact) mass is 208 g/mol. The van der Waals surface area contributed by atoms with E-state index in [1.54, 1.807) is 6.92 Å². The summed E-state index contributed by atoms with van der Waals surface area (Å²) in [5, 5.41) is 18.3. The van der Waals surface area contributed by atoms with Gasteiger partial charge in [-0.15, -0.1) is 0 Å². The van der Waals surface area contributed by atoms with Gasteiger partial charge in [0.1, 0.15) is 12.1 Å². The average molecular weight is 208 g/mol. The maximum atomic E-state index is 10.8. The molecule has 0 aliphatic carbocycles. The number of rotatable bonds is 4. The van der Waals surface area contributed by atoms with Crippen molar-refractivity contribution in [2.75, 3.05) is 0 Å². The molecule has 0 saturated heterocycles. The molecule has 0 radical (unpaired) electrons. The molecule has 0 spiro atoms. The summed E-state index contributed by atoms with van der Waals surface area (Å²) < 4.78 is 0. The lowest BCUT2D eigenvalue weighted by molar-refractivity contribution is -0.133. The number of carbonyl (C=O) groups is 1. The second kappa shape index (κ2) is 5.09. The zero-order valence-corrected chi connectivity index (χ0v) is 8.34. The minimum atomic E-state index is -1.11. The van der Waals surface area contributed by atoms with E-state index in [0.717, 1.165) is 0 Å². The normalized spacial score (nSPS) is 12.1. The van der Waals surface area contributed by atoms with Crippen LogP contribution in [0.3, 0.4) is 0 Å². The molecule has 0 saturated carbocycles. The second-order valence-corrected chi connectivity index (χ2v) is 3.01. The van der Waals surface area contributed by atoms with Crippen molar-refractivity contribution in [3.8, 4) is 0 Å². The number of aliphatic hydroxyl groups is 1. The van der Waals surface area contributed by atoms with Crippen molar-refractivity contribution >= 4 is 5.97 Å². The minimum absolute atomic E-state index is 0.00713. The molecule has 0 amide bonds. The van der Waals surface area contributed by atoms with Crippen LogP contribution in [-0.4, -0.2) is 26.2 Å². The summed E-state index contributed by atoms with van der Waals surface area (Å²) in [7, 11) is 0. The Labute approximate surface area is 87.1 Å². The van der Waals surface area contributed by atoms with Crippen LogP contribution in [-0.2, 0) is 11.2 Å². The van der Waals surface area contributed by atoms with Gasteiger partial charge in [-0.05, 0) is 5.56 Å². The van der Waals surface area contributed by atoms with E-state index in [-0.39, 0.29) is 17.8 Å². The van der Waals surface area contributed by atoms with E-state index >= 15 is 0 Å². The fraction of sp³-hybridized carbons (Fsp3) is 0.300. The predicted molar refractivity (Wildman–Crippen MR) is 53.3 cm³/mol. The Bertz CT molecular complexity index is 374. The first-order valence-electron chi connectivity index (χ1n) is 4.53. The molecule has 15 heavy (non-hydrogen) atoms. The van der Waals surface area contributed by atoms with Gasteiger partial charge in [0, 0.05) is 25.2 Å². The highest BCUT2D eigenvalue weighted by atomic mass is 16.4. The zero-order valence-electron chi connectivity index (χ0n) is 8.34. The highest BCUT2D eigenvalue weighted by molar-refractivity contribution is 5.87. The molecule has 2 N–H and O–H groups in total. The van der Waals surface area contributed by atoms with Gasteiger partial charge in [-0.3, -0.25) is 0 Å². The van der Waals surface area contributed by atoms with Gasteiger partial charge in [-0.1, -0.05) is 6.92 Å². The Hall–Kier alpha value is -1.91. The van der Waals surface area contributed by atoms with E-state index in [2.05, 4.69) is 9.97 Å². The summed E-state index contributed by atoms with van der Waals surface area (Å²) in [6.07, 6.45) is 4.86. The largest absolute Gasteiger partial charge is 0.512 e. The molecule has 0 aromatic carbocycles. The van der Waals surface area contributed by atoms with Crippen LogP contribution >= 0.6 is 0 Å². The van der Waals surface area contributed by atoms with Gasteiger partial charge < -0.3 is 10.2 Å². The fourth-order valence-corrected chi connectivity index (χ4v) is 1.14. The maximum absolute atomic E-state index is 10.8. The summed E-state index contributed by atoms with van der Waals surface area (Å²) in [5.41, 5.74) is 0.655. The van der Waals surface area contributed by atoms with Crippen molar-refractivity contribution in [1.29, 1.82) is 0 Å². The molecule has 5 heteroatoms. The Morgan fingerprint density at radius 2 is 1.93 bits per heavy atom. The zero-order chi connectivity index (χ0) is 11.3. The summed E-state index contributed by atoms with van der Waals surface area (Å²) in [6.45, 7) is 1.69. The topological polar surface area (TPSA) is 83.3 Å². The molecule has 0 aliphatic heterocycles. The van der Waals surface area contributed by atoms with Gasteiger partial charge in [-0.2, -0.15) is 0 Å². The average Bonchev–Trinajstić information content (AvgIpc) is 2.26. The maximum Gasteiger partial charge on any atom is 0.335 e. The first-order valence-corrected chi connectivity index (χ1v) is 4.53. The standard InChI is InChI=1S/C10H12N2O3/c1-2-9(13)8(10(14)15)3-7-4-11-6-12-5-7/h4-6,13H,2-3H2,1H3,(H,14,15). The third-order valence-corrected chi connectivity index (χ3v) is 1.94. The van der Waals surface area contributed by atoms with Gasteiger partial charge in [0.25, 0.3) is 0 Å². The van der Waals surface area contributed by atoms with Crippen LogP contribution in [0.25, 0.3) is 0 Å². The van der Waals surface area contributed by atoms with Crippen molar-refractivity contribution in [2.45, 2.75) is 19.8 Å². The van der Waals surface area contributed by atoms with E-state index in [0.29, 0.717) is 12.0 Å². The molecule has 5 nitrogen and oxygen atoms in total. The van der Waals surface area contributed by atoms with Crippen LogP contribution in [0.2, 0.25) is 0 Å². The van der Waals surface area contributed by atoms with Crippen molar-refractivity contribution in [3.63, 3.8) is 0 Å². The molecule has 0 atom stereocenters. The molecule has 1 heterocycles. The van der Waals surface area contributed by atoms with Crippen LogP contribution in [0.5, 0.6) is 0 Å². The number of carboxylic acids is 1. The lowest BCUT2D eigenvalue weighted by Gasteiger charge is -2.04. The van der Waals surface area contributed by atoms with E-state index in [9.17, 15) is 9.90 Å². The third-order valence-electron chi connectivity index (χ3n) is 1.94. The molecule has 1 rings (SSSR count). The van der Waals surface area contributed by atoms with Crippen molar-refractivity contribution < 1.29 is 15.0 Å². The molecule has 0 fully saturated rings. The Morgan fingerprint density at radius 1 is 1.33 bits per heavy atom. The van der Waals surface area contributed by atoms with Crippen molar-refractivity contribution in [2.24, 2.45) is 0 Å². The Kier molecular flexibility index (Phi) is 3.79. The van der Waals surface area contributed by atoms with Gasteiger partial charge in [-0.25, -0.2) is 14.8 Å². The summed E-state index contributed by atoms with van der Waals surface area (Å²) in [4.78, 5) is 18.4. The number of aromatic nitrogens is 2. The second-order valence-electron chi connectivity index (χ2n) is 3.01. The summed E-state index contributed by atoms with van der Waals surface area (Å²) >= 11 is 0. The third kappa shape index (κ3) is 3.05. The smallest absolute Gasteiger partial charge is 0.335 e. The minimum Gasteiger partial charge on any atom is -0.512 e. The van der Waals surface area contributed by atoms with Gasteiger partial charge in [0.05, 0.1) is 5.57 Å². The predicted octanol–water partition coefficient (Wildman–Crippen LogP) is 1.33. The van der Waals surface area contributed by atoms with Gasteiger partial charge in [0.2, 0.25) is 0 Å². The number of carboxylic acid groups (broad SMARTS) is 1. The quantitative estimate of drug-likeness (QED) is 0.576. The number of nitrogens with zero attached hydrogens (tertiary/aromatic N) is 2. The molecule has 0 aliphatic rings. The van der Waals surface area contributed by atoms with E-state index in [1.165, 1.54) is 18.7 Å². The molecule has 1 aromatic heterocycles. The summed E-state index contributed by atoms with van der Waals surface area (Å²) in [6, 6.07) is 0. The van der Waals surface area contributed by atoms with E-state index in [1.807, 2.05) is 0 Å². The first-order chi connectivity index (χ1) is 7.15. The molecule has 1 aromatic rings. The van der Waals surface area contributed by atoms with Crippen LogP contribution in [0.15, 0.2) is 30.1 Å². The van der Waals surface area contributed by atoms with Crippen molar-refractivity contribution in [3.05, 3.63) is 35.6 Å².